The third kappa shape index (κ3) is 3.84. The monoisotopic (exact) mass is 351 g/mol. The number of aryl methyl sites for hydroxylation is 1. The molecule has 0 spiro atoms. The highest BCUT2D eigenvalue weighted by atomic mass is 32.1. The predicted molar refractivity (Wildman–Crippen MR) is 107 cm³/mol. The van der Waals surface area contributed by atoms with Gasteiger partial charge in [0, 0.05) is 17.3 Å². The summed E-state index contributed by atoms with van der Waals surface area (Å²) in [6.07, 6.45) is 8.37. The number of hydrogen-bond acceptors (Lipinski definition) is 4. The van der Waals surface area contributed by atoms with E-state index in [1.165, 1.54) is 47.9 Å². The van der Waals surface area contributed by atoms with E-state index in [0.29, 0.717) is 6.04 Å². The molecule has 3 nitrogen and oxygen atoms in total. The largest absolute Gasteiger partial charge is 0.367 e. The van der Waals surface area contributed by atoms with E-state index in [0.717, 1.165) is 29.3 Å². The van der Waals surface area contributed by atoms with Crippen molar-refractivity contribution in [1.82, 2.24) is 9.97 Å². The van der Waals surface area contributed by atoms with Crippen LogP contribution in [0, 0.1) is 0 Å². The summed E-state index contributed by atoms with van der Waals surface area (Å²) in [7, 11) is 0. The molecule has 25 heavy (non-hydrogen) atoms. The second-order valence-corrected chi connectivity index (χ2v) is 8.03. The first-order chi connectivity index (χ1) is 12.3. The van der Waals surface area contributed by atoms with E-state index in [2.05, 4.69) is 48.6 Å². The average molecular weight is 352 g/mol. The minimum atomic E-state index is 0.557. The van der Waals surface area contributed by atoms with Gasteiger partial charge in [0.2, 0.25) is 0 Å². The quantitative estimate of drug-likeness (QED) is 0.651. The summed E-state index contributed by atoms with van der Waals surface area (Å²) in [5, 5.41) is 4.94. The summed E-state index contributed by atoms with van der Waals surface area (Å²) < 4.78 is 0. The van der Waals surface area contributed by atoms with Crippen LogP contribution >= 0.6 is 11.3 Å². The van der Waals surface area contributed by atoms with Gasteiger partial charge in [-0.3, -0.25) is 0 Å². The molecule has 0 aliphatic heterocycles. The van der Waals surface area contributed by atoms with Crippen LogP contribution in [0.1, 0.15) is 55.3 Å². The van der Waals surface area contributed by atoms with E-state index < -0.39 is 0 Å². The zero-order chi connectivity index (χ0) is 17.1. The van der Waals surface area contributed by atoms with E-state index >= 15 is 0 Å². The van der Waals surface area contributed by atoms with Crippen molar-refractivity contribution in [1.29, 1.82) is 0 Å². The number of rotatable bonds is 5. The van der Waals surface area contributed by atoms with Crippen LogP contribution in [0.5, 0.6) is 0 Å². The number of anilines is 1. The third-order valence-electron chi connectivity index (χ3n) is 4.99. The SMILES string of the molecule is CCc1cc2c(NC3CCCCC3)nc(Cc3ccccc3)nc2s1. The van der Waals surface area contributed by atoms with E-state index in [1.807, 2.05) is 11.3 Å². The van der Waals surface area contributed by atoms with Gasteiger partial charge in [0.1, 0.15) is 16.5 Å². The maximum atomic E-state index is 4.92. The lowest BCUT2D eigenvalue weighted by atomic mass is 9.95. The lowest BCUT2D eigenvalue weighted by Gasteiger charge is -2.23. The summed E-state index contributed by atoms with van der Waals surface area (Å²) in [6, 6.07) is 13.3. The number of benzene rings is 1. The molecule has 1 aliphatic rings. The first-order valence-electron chi connectivity index (χ1n) is 9.41. The Morgan fingerprint density at radius 2 is 1.88 bits per heavy atom. The van der Waals surface area contributed by atoms with Gasteiger partial charge in [-0.25, -0.2) is 9.97 Å². The fourth-order valence-electron chi connectivity index (χ4n) is 3.60. The predicted octanol–water partition coefficient (Wildman–Crippen LogP) is 5.59. The Labute approximate surface area is 153 Å². The van der Waals surface area contributed by atoms with Crippen molar-refractivity contribution in [3.05, 3.63) is 52.7 Å². The minimum absolute atomic E-state index is 0.557. The first kappa shape index (κ1) is 16.5. The van der Waals surface area contributed by atoms with Crippen LogP contribution in [0.4, 0.5) is 5.82 Å². The Hall–Kier alpha value is -1.94. The highest BCUT2D eigenvalue weighted by Gasteiger charge is 2.17. The molecule has 1 saturated carbocycles. The molecule has 0 unspecified atom stereocenters. The summed E-state index contributed by atoms with van der Waals surface area (Å²) in [5.41, 5.74) is 1.26. The Morgan fingerprint density at radius 3 is 2.64 bits per heavy atom. The third-order valence-corrected chi connectivity index (χ3v) is 6.16. The van der Waals surface area contributed by atoms with Crippen molar-refractivity contribution in [3.8, 4) is 0 Å². The van der Waals surface area contributed by atoms with Gasteiger partial charge in [0.15, 0.2) is 0 Å². The fraction of sp³-hybridized carbons (Fsp3) is 0.429. The molecular weight excluding hydrogens is 326 g/mol. The van der Waals surface area contributed by atoms with Gasteiger partial charge in [0.05, 0.1) is 5.39 Å². The molecule has 3 aromatic rings. The maximum Gasteiger partial charge on any atom is 0.138 e. The molecule has 0 radical (unpaired) electrons. The van der Waals surface area contributed by atoms with Crippen molar-refractivity contribution in [2.75, 3.05) is 5.32 Å². The molecule has 4 heteroatoms. The van der Waals surface area contributed by atoms with Crippen molar-refractivity contribution < 1.29 is 0 Å². The summed E-state index contributed by atoms with van der Waals surface area (Å²) in [6.45, 7) is 2.21. The summed E-state index contributed by atoms with van der Waals surface area (Å²) in [5.74, 6) is 1.96. The Morgan fingerprint density at radius 1 is 1.08 bits per heavy atom. The van der Waals surface area contributed by atoms with Gasteiger partial charge in [-0.05, 0) is 30.9 Å². The van der Waals surface area contributed by atoms with E-state index in [1.54, 1.807) is 0 Å². The minimum Gasteiger partial charge on any atom is -0.367 e. The number of nitrogens with zero attached hydrogens (tertiary/aromatic N) is 2. The number of thiophene rings is 1. The smallest absolute Gasteiger partial charge is 0.138 e. The number of nitrogens with one attached hydrogen (secondary N) is 1. The normalized spacial score (nSPS) is 15.6. The molecule has 4 rings (SSSR count). The topological polar surface area (TPSA) is 37.8 Å². The molecule has 0 atom stereocenters. The lowest BCUT2D eigenvalue weighted by Crippen LogP contribution is -2.23. The van der Waals surface area contributed by atoms with Crippen LogP contribution < -0.4 is 5.32 Å². The maximum absolute atomic E-state index is 4.92. The first-order valence-corrected chi connectivity index (χ1v) is 10.2. The van der Waals surface area contributed by atoms with Crippen LogP contribution in [0.3, 0.4) is 0 Å². The summed E-state index contributed by atoms with van der Waals surface area (Å²) >= 11 is 1.81. The molecule has 0 bridgehead atoms. The molecule has 130 valence electrons. The number of fused-ring (bicyclic) bond motifs is 1. The molecular formula is C21H25N3S. The molecule has 1 aromatic carbocycles. The fourth-order valence-corrected chi connectivity index (χ4v) is 4.58. The molecule has 1 aliphatic carbocycles. The molecule has 1 fully saturated rings. The second-order valence-electron chi connectivity index (χ2n) is 6.92. The highest BCUT2D eigenvalue weighted by molar-refractivity contribution is 7.18. The van der Waals surface area contributed by atoms with E-state index in [4.69, 9.17) is 9.97 Å². The average Bonchev–Trinajstić information content (AvgIpc) is 3.07. The van der Waals surface area contributed by atoms with Crippen molar-refractivity contribution >= 4 is 27.4 Å². The van der Waals surface area contributed by atoms with Gasteiger partial charge >= 0.3 is 0 Å². The van der Waals surface area contributed by atoms with Crippen LogP contribution in [-0.2, 0) is 12.8 Å². The van der Waals surface area contributed by atoms with Gasteiger partial charge in [0.25, 0.3) is 0 Å². The van der Waals surface area contributed by atoms with Gasteiger partial charge in [-0.15, -0.1) is 11.3 Å². The molecule has 2 heterocycles. The summed E-state index contributed by atoms with van der Waals surface area (Å²) in [4.78, 5) is 12.3. The van der Waals surface area contributed by atoms with Crippen molar-refractivity contribution in [3.63, 3.8) is 0 Å². The Bertz CT molecular complexity index is 835. The molecule has 2 aromatic heterocycles. The lowest BCUT2D eigenvalue weighted by molar-refractivity contribution is 0.462. The van der Waals surface area contributed by atoms with Crippen LogP contribution in [0.15, 0.2) is 36.4 Å². The van der Waals surface area contributed by atoms with Crippen molar-refractivity contribution in [2.45, 2.75) is 57.9 Å². The Kier molecular flexibility index (Phi) is 4.97. The van der Waals surface area contributed by atoms with E-state index in [9.17, 15) is 0 Å². The van der Waals surface area contributed by atoms with Gasteiger partial charge in [-0.1, -0.05) is 56.5 Å². The molecule has 1 N–H and O–H groups in total. The van der Waals surface area contributed by atoms with Crippen LogP contribution in [0.25, 0.3) is 10.2 Å². The number of hydrogen-bond donors (Lipinski definition) is 1. The van der Waals surface area contributed by atoms with E-state index in [-0.39, 0.29) is 0 Å². The standard InChI is InChI=1S/C21H25N3S/c1-2-17-14-18-20(22-16-11-7-4-8-12-16)23-19(24-21(18)25-17)13-15-9-5-3-6-10-15/h3,5-6,9-10,14,16H,2,4,7-8,11-13H2,1H3,(H,22,23,24). The van der Waals surface area contributed by atoms with Gasteiger partial charge < -0.3 is 5.32 Å². The molecule has 0 amide bonds. The highest BCUT2D eigenvalue weighted by Crippen LogP contribution is 2.31. The molecule has 0 saturated heterocycles. The zero-order valence-corrected chi connectivity index (χ0v) is 15.6. The zero-order valence-electron chi connectivity index (χ0n) is 14.8. The second kappa shape index (κ2) is 7.52. The van der Waals surface area contributed by atoms with Crippen LogP contribution in [-0.4, -0.2) is 16.0 Å². The van der Waals surface area contributed by atoms with Crippen molar-refractivity contribution in [2.24, 2.45) is 0 Å². The Balaban J connectivity index is 1.68. The van der Waals surface area contributed by atoms with Gasteiger partial charge in [-0.2, -0.15) is 0 Å². The van der Waals surface area contributed by atoms with Crippen LogP contribution in [0.2, 0.25) is 0 Å². The number of aromatic nitrogens is 2.